The van der Waals surface area contributed by atoms with Crippen molar-refractivity contribution >= 4 is 11.6 Å². The number of anilines is 1. The molecule has 0 heterocycles. The Bertz CT molecular complexity index is 719. The van der Waals surface area contributed by atoms with Crippen LogP contribution in [0.15, 0.2) is 47.5 Å². The van der Waals surface area contributed by atoms with Crippen LogP contribution in [0.3, 0.4) is 0 Å². The number of aliphatic imine (C=N–C) groups is 1. The lowest BCUT2D eigenvalue weighted by Crippen LogP contribution is -2.23. The number of hydrogen-bond donors (Lipinski definition) is 2. The molecule has 2 aromatic rings. The number of guanidine groups is 1. The first-order valence-electron chi connectivity index (χ1n) is 7.73. The van der Waals surface area contributed by atoms with Crippen molar-refractivity contribution in [3.05, 3.63) is 53.6 Å². The Hall–Kier alpha value is -2.83. The molecule has 0 aromatic heterocycles. The van der Waals surface area contributed by atoms with Crippen LogP contribution in [-0.4, -0.2) is 26.2 Å². The van der Waals surface area contributed by atoms with Crippen LogP contribution in [0.25, 0.3) is 0 Å². The van der Waals surface area contributed by atoms with Crippen molar-refractivity contribution in [2.24, 2.45) is 10.7 Å². The monoisotopic (exact) mass is 349 g/mol. The summed E-state index contributed by atoms with van der Waals surface area (Å²) in [6.45, 7) is -0.496. The topological polar surface area (TPSA) is 68.9 Å². The summed E-state index contributed by atoms with van der Waals surface area (Å²) in [5, 5.41) is 2.99. The van der Waals surface area contributed by atoms with Crippen LogP contribution in [0.4, 0.5) is 14.5 Å². The third-order valence-electron chi connectivity index (χ3n) is 3.45. The molecule has 0 aliphatic rings. The van der Waals surface area contributed by atoms with Gasteiger partial charge in [0.15, 0.2) is 17.5 Å². The number of methoxy groups -OCH3 is 1. The van der Waals surface area contributed by atoms with Gasteiger partial charge >= 0.3 is 6.61 Å². The van der Waals surface area contributed by atoms with E-state index in [-0.39, 0.29) is 11.5 Å². The zero-order valence-electron chi connectivity index (χ0n) is 14.1. The Balaban J connectivity index is 1.94. The Morgan fingerprint density at radius 1 is 1.16 bits per heavy atom. The van der Waals surface area contributed by atoms with Crippen molar-refractivity contribution in [2.75, 3.05) is 19.0 Å². The molecule has 0 saturated heterocycles. The fourth-order valence-electron chi connectivity index (χ4n) is 2.19. The van der Waals surface area contributed by atoms with Gasteiger partial charge in [-0.15, -0.1) is 0 Å². The summed E-state index contributed by atoms with van der Waals surface area (Å²) in [5.74, 6) is 0.555. The number of aryl methyl sites for hydroxylation is 1. The average molecular weight is 349 g/mol. The molecule has 0 bridgehead atoms. The smallest absolute Gasteiger partial charge is 0.387 e. The van der Waals surface area contributed by atoms with Crippen molar-refractivity contribution in [2.45, 2.75) is 20.0 Å². The van der Waals surface area contributed by atoms with Gasteiger partial charge in [-0.1, -0.05) is 23.8 Å². The zero-order chi connectivity index (χ0) is 18.2. The largest absolute Gasteiger partial charge is 0.493 e. The number of nitrogens with one attached hydrogen (secondary N) is 1. The Morgan fingerprint density at radius 3 is 2.52 bits per heavy atom. The third-order valence-corrected chi connectivity index (χ3v) is 3.45. The maximum absolute atomic E-state index is 12.4. The maximum atomic E-state index is 12.4. The minimum Gasteiger partial charge on any atom is -0.493 e. The standard InChI is InChI=1S/C18H21F2N3O2/c1-12-3-6-14(7-4-12)23-18(21)22-10-9-13-5-8-15(24-2)16(11-13)25-17(19)20/h3-8,11,17H,9-10H2,1-2H3,(H3,21,22,23). The van der Waals surface area contributed by atoms with Gasteiger partial charge in [0.1, 0.15) is 0 Å². The van der Waals surface area contributed by atoms with Gasteiger partial charge in [-0.25, -0.2) is 0 Å². The van der Waals surface area contributed by atoms with E-state index in [4.69, 9.17) is 10.5 Å². The van der Waals surface area contributed by atoms with Crippen molar-refractivity contribution in [1.82, 2.24) is 0 Å². The number of alkyl halides is 2. The molecule has 134 valence electrons. The summed E-state index contributed by atoms with van der Waals surface area (Å²) in [4.78, 5) is 4.23. The molecule has 0 radical (unpaired) electrons. The lowest BCUT2D eigenvalue weighted by Gasteiger charge is -2.11. The highest BCUT2D eigenvalue weighted by atomic mass is 19.3. The molecule has 0 aliphatic carbocycles. The zero-order valence-corrected chi connectivity index (χ0v) is 14.1. The predicted molar refractivity (Wildman–Crippen MR) is 94.6 cm³/mol. The van der Waals surface area contributed by atoms with Crippen LogP contribution in [-0.2, 0) is 6.42 Å². The molecular formula is C18H21F2N3O2. The van der Waals surface area contributed by atoms with E-state index < -0.39 is 6.61 Å². The van der Waals surface area contributed by atoms with Gasteiger partial charge in [0.2, 0.25) is 0 Å². The van der Waals surface area contributed by atoms with Crippen molar-refractivity contribution in [3.8, 4) is 11.5 Å². The van der Waals surface area contributed by atoms with Gasteiger partial charge in [-0.2, -0.15) is 8.78 Å². The fourth-order valence-corrected chi connectivity index (χ4v) is 2.19. The van der Waals surface area contributed by atoms with E-state index in [0.29, 0.717) is 18.9 Å². The first kappa shape index (κ1) is 18.5. The van der Waals surface area contributed by atoms with E-state index in [2.05, 4.69) is 15.0 Å². The number of hydrogen-bond acceptors (Lipinski definition) is 3. The summed E-state index contributed by atoms with van der Waals surface area (Å²) in [6, 6.07) is 12.6. The van der Waals surface area contributed by atoms with Crippen LogP contribution in [0.1, 0.15) is 11.1 Å². The normalized spacial score (nSPS) is 11.5. The number of benzene rings is 2. The van der Waals surface area contributed by atoms with E-state index in [1.807, 2.05) is 31.2 Å². The first-order chi connectivity index (χ1) is 12.0. The van der Waals surface area contributed by atoms with Gasteiger partial charge in [-0.05, 0) is 43.2 Å². The molecular weight excluding hydrogens is 328 g/mol. The number of nitrogens with zero attached hydrogens (tertiary/aromatic N) is 1. The highest BCUT2D eigenvalue weighted by Gasteiger charge is 2.11. The molecule has 0 unspecified atom stereocenters. The lowest BCUT2D eigenvalue weighted by molar-refractivity contribution is -0.0512. The first-order valence-corrected chi connectivity index (χ1v) is 7.73. The Kier molecular flexibility index (Phi) is 6.56. The Labute approximate surface area is 145 Å². The average Bonchev–Trinajstić information content (AvgIpc) is 2.57. The molecule has 2 rings (SSSR count). The van der Waals surface area contributed by atoms with Gasteiger partial charge < -0.3 is 20.5 Å². The minimum absolute atomic E-state index is 0.00438. The molecule has 0 fully saturated rings. The number of ether oxygens (including phenoxy) is 2. The van der Waals surface area contributed by atoms with E-state index in [1.54, 1.807) is 12.1 Å². The summed E-state index contributed by atoms with van der Waals surface area (Å²) >= 11 is 0. The van der Waals surface area contributed by atoms with Crippen molar-refractivity contribution < 1.29 is 18.3 Å². The molecule has 2 aromatic carbocycles. The van der Waals surface area contributed by atoms with Crippen LogP contribution in [0, 0.1) is 6.92 Å². The van der Waals surface area contributed by atoms with Crippen LogP contribution >= 0.6 is 0 Å². The molecule has 0 spiro atoms. The fraction of sp³-hybridized carbons (Fsp3) is 0.278. The van der Waals surface area contributed by atoms with E-state index >= 15 is 0 Å². The second kappa shape index (κ2) is 8.86. The quantitative estimate of drug-likeness (QED) is 0.592. The van der Waals surface area contributed by atoms with Crippen molar-refractivity contribution in [3.63, 3.8) is 0 Å². The minimum atomic E-state index is -2.91. The van der Waals surface area contributed by atoms with Gasteiger partial charge in [0.05, 0.1) is 7.11 Å². The third kappa shape index (κ3) is 5.95. The molecule has 3 N–H and O–H groups in total. The van der Waals surface area contributed by atoms with Crippen LogP contribution in [0.5, 0.6) is 11.5 Å². The maximum Gasteiger partial charge on any atom is 0.387 e. The molecule has 25 heavy (non-hydrogen) atoms. The molecule has 7 heteroatoms. The summed E-state index contributed by atoms with van der Waals surface area (Å²) in [6.07, 6.45) is 0.528. The van der Waals surface area contributed by atoms with Crippen LogP contribution in [0.2, 0.25) is 0 Å². The predicted octanol–water partition coefficient (Wildman–Crippen LogP) is 3.57. The molecule has 5 nitrogen and oxygen atoms in total. The SMILES string of the molecule is COc1ccc(CCN=C(N)Nc2ccc(C)cc2)cc1OC(F)F. The number of halogens is 2. The van der Waals surface area contributed by atoms with E-state index in [0.717, 1.165) is 16.8 Å². The molecule has 0 aliphatic heterocycles. The molecule has 0 atom stereocenters. The van der Waals surface area contributed by atoms with Crippen molar-refractivity contribution in [1.29, 1.82) is 0 Å². The van der Waals surface area contributed by atoms with E-state index in [1.165, 1.54) is 13.2 Å². The highest BCUT2D eigenvalue weighted by molar-refractivity contribution is 5.92. The highest BCUT2D eigenvalue weighted by Crippen LogP contribution is 2.29. The number of rotatable bonds is 7. The molecule has 0 amide bonds. The second-order valence-corrected chi connectivity index (χ2v) is 5.37. The van der Waals surface area contributed by atoms with E-state index in [9.17, 15) is 8.78 Å². The summed E-state index contributed by atoms with van der Waals surface area (Å²) in [7, 11) is 1.40. The molecule has 0 saturated carbocycles. The second-order valence-electron chi connectivity index (χ2n) is 5.37. The Morgan fingerprint density at radius 2 is 1.88 bits per heavy atom. The summed E-state index contributed by atoms with van der Waals surface area (Å²) < 4.78 is 34.3. The van der Waals surface area contributed by atoms with Gasteiger partial charge in [0.25, 0.3) is 0 Å². The van der Waals surface area contributed by atoms with Gasteiger partial charge in [-0.3, -0.25) is 4.99 Å². The van der Waals surface area contributed by atoms with Crippen LogP contribution < -0.4 is 20.5 Å². The number of nitrogens with two attached hydrogens (primary N) is 1. The summed E-state index contributed by atoms with van der Waals surface area (Å²) in [5.41, 5.74) is 8.64. The van der Waals surface area contributed by atoms with Gasteiger partial charge in [0, 0.05) is 12.2 Å². The lowest BCUT2D eigenvalue weighted by atomic mass is 10.1.